The predicted octanol–water partition coefficient (Wildman–Crippen LogP) is 2.07. The zero-order chi connectivity index (χ0) is 10.7. The third kappa shape index (κ3) is 2.36. The second-order valence-corrected chi connectivity index (χ2v) is 3.86. The lowest BCUT2D eigenvalue weighted by Crippen LogP contribution is -2.39. The van der Waals surface area contributed by atoms with Crippen LogP contribution in [0.15, 0.2) is 30.3 Å². The van der Waals surface area contributed by atoms with E-state index in [-0.39, 0.29) is 12.0 Å². The van der Waals surface area contributed by atoms with Crippen molar-refractivity contribution in [3.05, 3.63) is 35.9 Å². The van der Waals surface area contributed by atoms with E-state index in [1.165, 1.54) is 0 Å². The van der Waals surface area contributed by atoms with Crippen LogP contribution >= 0.6 is 0 Å². The van der Waals surface area contributed by atoms with Crippen molar-refractivity contribution in [3.63, 3.8) is 0 Å². The first-order valence-electron chi connectivity index (χ1n) is 5.15. The maximum atomic E-state index is 10.7. The molecule has 3 heteroatoms. The van der Waals surface area contributed by atoms with Gasteiger partial charge >= 0.3 is 5.97 Å². The summed E-state index contributed by atoms with van der Waals surface area (Å²) in [4.78, 5) is 10.7. The quantitative estimate of drug-likeness (QED) is 0.820. The maximum absolute atomic E-state index is 10.7. The third-order valence-electron chi connectivity index (χ3n) is 2.84. The molecule has 0 saturated heterocycles. The van der Waals surface area contributed by atoms with E-state index in [1.807, 2.05) is 30.3 Å². The number of carboxylic acids is 1. The van der Waals surface area contributed by atoms with Gasteiger partial charge in [0.2, 0.25) is 0 Å². The van der Waals surface area contributed by atoms with Crippen LogP contribution in [0.2, 0.25) is 0 Å². The smallest absolute Gasteiger partial charge is 0.309 e. The average molecular weight is 206 g/mol. The summed E-state index contributed by atoms with van der Waals surface area (Å²) in [7, 11) is 0. The Labute approximate surface area is 88.7 Å². The lowest BCUT2D eigenvalue weighted by atomic mass is 9.82. The van der Waals surface area contributed by atoms with Crippen LogP contribution in [-0.4, -0.2) is 17.2 Å². The second kappa shape index (κ2) is 4.45. The molecule has 1 saturated carbocycles. The Balaban J connectivity index is 1.82. The first kappa shape index (κ1) is 10.2. The van der Waals surface area contributed by atoms with Gasteiger partial charge in [-0.1, -0.05) is 30.3 Å². The summed E-state index contributed by atoms with van der Waals surface area (Å²) in [5, 5.41) is 8.82. The third-order valence-corrected chi connectivity index (χ3v) is 2.84. The van der Waals surface area contributed by atoms with Crippen LogP contribution in [0.25, 0.3) is 0 Å². The summed E-state index contributed by atoms with van der Waals surface area (Å²) < 4.78 is 5.56. The number of ether oxygens (including phenoxy) is 1. The van der Waals surface area contributed by atoms with E-state index in [0.29, 0.717) is 6.61 Å². The number of hydrogen-bond donors (Lipinski definition) is 1. The number of carbonyl (C=O) groups is 1. The fraction of sp³-hybridized carbons (Fsp3) is 0.417. The normalized spacial score (nSPS) is 24.5. The molecule has 1 aromatic carbocycles. The Hall–Kier alpha value is -1.35. The Morgan fingerprint density at radius 2 is 2.07 bits per heavy atom. The van der Waals surface area contributed by atoms with E-state index >= 15 is 0 Å². The Morgan fingerprint density at radius 3 is 2.60 bits per heavy atom. The van der Waals surface area contributed by atoms with Crippen LogP contribution in [0, 0.1) is 5.92 Å². The largest absolute Gasteiger partial charge is 0.481 e. The molecule has 0 bridgehead atoms. The van der Waals surface area contributed by atoms with Gasteiger partial charge in [-0.15, -0.1) is 0 Å². The summed E-state index contributed by atoms with van der Waals surface area (Å²) in [6.07, 6.45) is 1.51. The van der Waals surface area contributed by atoms with E-state index in [9.17, 15) is 4.79 Å². The van der Waals surface area contributed by atoms with Crippen molar-refractivity contribution in [2.24, 2.45) is 5.92 Å². The molecule has 0 heterocycles. The van der Waals surface area contributed by atoms with Crippen molar-refractivity contribution in [3.8, 4) is 0 Å². The number of aliphatic carboxylic acids is 1. The molecule has 2 rings (SSSR count). The molecule has 0 amide bonds. The van der Waals surface area contributed by atoms with Crippen molar-refractivity contribution < 1.29 is 14.6 Å². The molecular weight excluding hydrogens is 192 g/mol. The highest BCUT2D eigenvalue weighted by atomic mass is 16.5. The fourth-order valence-corrected chi connectivity index (χ4v) is 1.73. The van der Waals surface area contributed by atoms with E-state index < -0.39 is 5.97 Å². The Morgan fingerprint density at radius 1 is 1.33 bits per heavy atom. The SMILES string of the molecule is O=C(O)C1CCC1OCc1ccccc1. The van der Waals surface area contributed by atoms with Gasteiger partial charge in [0.05, 0.1) is 18.6 Å². The molecule has 0 spiro atoms. The molecule has 1 fully saturated rings. The molecule has 3 nitrogen and oxygen atoms in total. The van der Waals surface area contributed by atoms with Crippen LogP contribution < -0.4 is 0 Å². The molecule has 1 N–H and O–H groups in total. The summed E-state index contributed by atoms with van der Waals surface area (Å²) >= 11 is 0. The number of benzene rings is 1. The fourth-order valence-electron chi connectivity index (χ4n) is 1.73. The summed E-state index contributed by atoms with van der Waals surface area (Å²) in [5.74, 6) is -1.03. The minimum absolute atomic E-state index is 0.0947. The Kier molecular flexibility index (Phi) is 3.02. The van der Waals surface area contributed by atoms with Gasteiger partial charge in [-0.3, -0.25) is 4.79 Å². The molecule has 0 radical (unpaired) electrons. The first-order chi connectivity index (χ1) is 7.27. The van der Waals surface area contributed by atoms with Gasteiger partial charge in [-0.2, -0.15) is 0 Å². The molecule has 80 valence electrons. The summed E-state index contributed by atoms with van der Waals surface area (Å²) in [5.41, 5.74) is 1.09. The number of rotatable bonds is 4. The van der Waals surface area contributed by atoms with E-state index in [0.717, 1.165) is 18.4 Å². The van der Waals surface area contributed by atoms with Gasteiger partial charge in [0.25, 0.3) is 0 Å². The van der Waals surface area contributed by atoms with Gasteiger partial charge in [-0.05, 0) is 18.4 Å². The van der Waals surface area contributed by atoms with Crippen molar-refractivity contribution in [2.75, 3.05) is 0 Å². The predicted molar refractivity (Wildman–Crippen MR) is 55.4 cm³/mol. The van der Waals surface area contributed by atoms with Gasteiger partial charge in [0.15, 0.2) is 0 Å². The molecule has 2 atom stereocenters. The molecule has 0 aromatic heterocycles. The van der Waals surface area contributed by atoms with Gasteiger partial charge < -0.3 is 9.84 Å². The molecule has 2 unspecified atom stereocenters. The van der Waals surface area contributed by atoms with Crippen LogP contribution in [0.1, 0.15) is 18.4 Å². The minimum atomic E-state index is -0.737. The summed E-state index contributed by atoms with van der Waals surface area (Å²) in [6, 6.07) is 9.82. The van der Waals surface area contributed by atoms with E-state index in [4.69, 9.17) is 9.84 Å². The van der Waals surface area contributed by atoms with Crippen molar-refractivity contribution in [1.29, 1.82) is 0 Å². The van der Waals surface area contributed by atoms with Crippen molar-refractivity contribution in [2.45, 2.75) is 25.6 Å². The van der Waals surface area contributed by atoms with Gasteiger partial charge in [0, 0.05) is 0 Å². The van der Waals surface area contributed by atoms with Crippen LogP contribution in [0.3, 0.4) is 0 Å². The van der Waals surface area contributed by atoms with Crippen molar-refractivity contribution in [1.82, 2.24) is 0 Å². The highest BCUT2D eigenvalue weighted by molar-refractivity contribution is 5.71. The maximum Gasteiger partial charge on any atom is 0.309 e. The number of carboxylic acid groups (broad SMARTS) is 1. The molecule has 0 aliphatic heterocycles. The van der Waals surface area contributed by atoms with Crippen molar-refractivity contribution >= 4 is 5.97 Å². The average Bonchev–Trinajstić information content (AvgIpc) is 2.17. The van der Waals surface area contributed by atoms with E-state index in [1.54, 1.807) is 0 Å². The van der Waals surface area contributed by atoms with Crippen LogP contribution in [0.4, 0.5) is 0 Å². The van der Waals surface area contributed by atoms with E-state index in [2.05, 4.69) is 0 Å². The molecular formula is C12H14O3. The van der Waals surface area contributed by atoms with Crippen LogP contribution in [-0.2, 0) is 16.1 Å². The zero-order valence-electron chi connectivity index (χ0n) is 8.43. The molecule has 1 aromatic rings. The van der Waals surface area contributed by atoms with Crippen LogP contribution in [0.5, 0.6) is 0 Å². The molecule has 15 heavy (non-hydrogen) atoms. The highest BCUT2D eigenvalue weighted by Gasteiger charge is 2.37. The minimum Gasteiger partial charge on any atom is -0.481 e. The molecule has 1 aliphatic rings. The topological polar surface area (TPSA) is 46.5 Å². The zero-order valence-corrected chi connectivity index (χ0v) is 8.43. The lowest BCUT2D eigenvalue weighted by Gasteiger charge is -2.33. The lowest BCUT2D eigenvalue weighted by molar-refractivity contribution is -0.156. The number of hydrogen-bond acceptors (Lipinski definition) is 2. The first-order valence-corrected chi connectivity index (χ1v) is 5.15. The Bertz CT molecular complexity index is 334. The highest BCUT2D eigenvalue weighted by Crippen LogP contribution is 2.31. The standard InChI is InChI=1S/C12H14O3/c13-12(14)10-6-7-11(10)15-8-9-4-2-1-3-5-9/h1-5,10-11H,6-8H2,(H,13,14). The second-order valence-electron chi connectivity index (χ2n) is 3.86. The summed E-state index contributed by atoms with van der Waals surface area (Å²) in [6.45, 7) is 0.509. The van der Waals surface area contributed by atoms with Gasteiger partial charge in [-0.25, -0.2) is 0 Å². The van der Waals surface area contributed by atoms with Gasteiger partial charge in [0.1, 0.15) is 0 Å². The monoisotopic (exact) mass is 206 g/mol. The molecule has 1 aliphatic carbocycles.